The number of nitrogens with zero attached hydrogens (tertiary/aromatic N) is 1. The topological polar surface area (TPSA) is 90.0 Å². The monoisotopic (exact) mass is 310 g/mol. The van der Waals surface area contributed by atoms with E-state index in [1.165, 1.54) is 0 Å². The van der Waals surface area contributed by atoms with Crippen LogP contribution in [0.15, 0.2) is 54.7 Å². The third-order valence-electron chi connectivity index (χ3n) is 3.61. The Kier molecular flexibility index (Phi) is 4.54. The van der Waals surface area contributed by atoms with Crippen LogP contribution >= 0.6 is 0 Å². The first-order chi connectivity index (χ1) is 11.2. The number of aromatic amines is 1. The molecule has 0 saturated carbocycles. The summed E-state index contributed by atoms with van der Waals surface area (Å²) in [7, 11) is 0. The van der Waals surface area contributed by atoms with Crippen LogP contribution in [-0.2, 0) is 6.54 Å². The van der Waals surface area contributed by atoms with Crippen LogP contribution in [0.4, 0.5) is 4.79 Å². The van der Waals surface area contributed by atoms with Crippen molar-refractivity contribution in [1.82, 2.24) is 20.8 Å². The maximum atomic E-state index is 11.7. The molecule has 3 aromatic rings. The Hall–Kier alpha value is -2.86. The highest BCUT2D eigenvalue weighted by Crippen LogP contribution is 2.19. The summed E-state index contributed by atoms with van der Waals surface area (Å²) in [5.74, 6) is 0. The van der Waals surface area contributed by atoms with E-state index < -0.39 is 6.10 Å². The van der Waals surface area contributed by atoms with Crippen molar-refractivity contribution in [3.63, 3.8) is 0 Å². The number of rotatable bonds is 5. The zero-order valence-corrected chi connectivity index (χ0v) is 12.5. The number of nitrogens with one attached hydrogen (secondary N) is 3. The minimum Gasteiger partial charge on any atom is -0.387 e. The zero-order valence-electron chi connectivity index (χ0n) is 12.5. The lowest BCUT2D eigenvalue weighted by atomic mass is 10.0. The predicted molar refractivity (Wildman–Crippen MR) is 87.7 cm³/mol. The van der Waals surface area contributed by atoms with E-state index in [1.54, 1.807) is 12.3 Å². The number of fused-ring (bicyclic) bond motifs is 1. The van der Waals surface area contributed by atoms with Gasteiger partial charge in [0.15, 0.2) is 0 Å². The molecule has 3 rings (SSSR count). The molecular formula is C17H18N4O2. The fourth-order valence-electron chi connectivity index (χ4n) is 2.34. The van der Waals surface area contributed by atoms with Crippen LogP contribution in [0.2, 0.25) is 0 Å². The smallest absolute Gasteiger partial charge is 0.315 e. The molecule has 0 saturated heterocycles. The van der Waals surface area contributed by atoms with Crippen molar-refractivity contribution in [2.45, 2.75) is 12.6 Å². The van der Waals surface area contributed by atoms with E-state index in [0.29, 0.717) is 6.54 Å². The minimum absolute atomic E-state index is 0.146. The van der Waals surface area contributed by atoms with Gasteiger partial charge in [-0.2, -0.15) is 5.10 Å². The average molecular weight is 310 g/mol. The summed E-state index contributed by atoms with van der Waals surface area (Å²) in [6.07, 6.45) is 0.871. The second-order valence-corrected chi connectivity index (χ2v) is 5.27. The fraction of sp³-hybridized carbons (Fsp3) is 0.176. The molecule has 6 heteroatoms. The zero-order chi connectivity index (χ0) is 16.1. The Bertz CT molecular complexity index is 786. The number of carbonyl (C=O) groups excluding carboxylic acids is 1. The Labute approximate surface area is 133 Å². The van der Waals surface area contributed by atoms with E-state index in [-0.39, 0.29) is 12.6 Å². The number of benzene rings is 2. The first-order valence-electron chi connectivity index (χ1n) is 7.39. The summed E-state index contributed by atoms with van der Waals surface area (Å²) in [6.45, 7) is 0.505. The van der Waals surface area contributed by atoms with Crippen LogP contribution in [0.25, 0.3) is 10.8 Å². The third-order valence-corrected chi connectivity index (χ3v) is 3.61. The van der Waals surface area contributed by atoms with Gasteiger partial charge in [-0.1, -0.05) is 36.4 Å². The molecule has 0 aliphatic heterocycles. The standard InChI is InChI=1S/C17H18N4O2/c22-16(11-19-17(23)18-10-15-7-8-20-21-15)14-6-5-12-3-1-2-4-13(12)9-14/h1-9,16,22H,10-11H2,(H,20,21)(H2,18,19,23). The summed E-state index contributed by atoms with van der Waals surface area (Å²) < 4.78 is 0. The molecule has 0 bridgehead atoms. The van der Waals surface area contributed by atoms with E-state index >= 15 is 0 Å². The number of amides is 2. The van der Waals surface area contributed by atoms with Crippen molar-refractivity contribution in [1.29, 1.82) is 0 Å². The lowest BCUT2D eigenvalue weighted by Gasteiger charge is -2.13. The molecule has 2 aromatic carbocycles. The van der Waals surface area contributed by atoms with Crippen molar-refractivity contribution in [2.24, 2.45) is 0 Å². The van der Waals surface area contributed by atoms with Gasteiger partial charge in [-0.05, 0) is 28.5 Å². The number of aliphatic hydroxyl groups is 1. The van der Waals surface area contributed by atoms with Crippen LogP contribution in [0.3, 0.4) is 0 Å². The molecule has 0 spiro atoms. The van der Waals surface area contributed by atoms with Gasteiger partial charge in [0.05, 0.1) is 18.3 Å². The number of hydrogen-bond acceptors (Lipinski definition) is 3. The molecule has 23 heavy (non-hydrogen) atoms. The fourth-order valence-corrected chi connectivity index (χ4v) is 2.34. The number of urea groups is 1. The van der Waals surface area contributed by atoms with Gasteiger partial charge < -0.3 is 15.7 Å². The molecule has 118 valence electrons. The van der Waals surface area contributed by atoms with Crippen LogP contribution in [0.1, 0.15) is 17.4 Å². The molecule has 0 aliphatic carbocycles. The summed E-state index contributed by atoms with van der Waals surface area (Å²) in [4.78, 5) is 11.7. The second-order valence-electron chi connectivity index (χ2n) is 5.27. The van der Waals surface area contributed by atoms with E-state index in [9.17, 15) is 9.90 Å². The Morgan fingerprint density at radius 1 is 1.13 bits per heavy atom. The first kappa shape index (κ1) is 15.1. The maximum absolute atomic E-state index is 11.7. The summed E-state index contributed by atoms with van der Waals surface area (Å²) in [5.41, 5.74) is 1.59. The molecule has 1 unspecified atom stereocenters. The largest absolute Gasteiger partial charge is 0.387 e. The Morgan fingerprint density at radius 2 is 1.96 bits per heavy atom. The first-order valence-corrected chi connectivity index (χ1v) is 7.39. The van der Waals surface area contributed by atoms with Crippen molar-refractivity contribution in [3.8, 4) is 0 Å². The summed E-state index contributed by atoms with van der Waals surface area (Å²) in [5, 5.41) is 24.3. The van der Waals surface area contributed by atoms with Crippen LogP contribution in [0.5, 0.6) is 0 Å². The highest BCUT2D eigenvalue weighted by atomic mass is 16.3. The summed E-state index contributed by atoms with van der Waals surface area (Å²) in [6, 6.07) is 15.2. The highest BCUT2D eigenvalue weighted by Gasteiger charge is 2.10. The van der Waals surface area contributed by atoms with Crippen molar-refractivity contribution in [2.75, 3.05) is 6.54 Å². The summed E-state index contributed by atoms with van der Waals surface area (Å²) >= 11 is 0. The molecule has 6 nitrogen and oxygen atoms in total. The van der Waals surface area contributed by atoms with Crippen molar-refractivity contribution < 1.29 is 9.90 Å². The van der Waals surface area contributed by atoms with Crippen molar-refractivity contribution in [3.05, 3.63) is 66.0 Å². The van der Waals surface area contributed by atoms with Gasteiger partial charge >= 0.3 is 6.03 Å². The van der Waals surface area contributed by atoms with Gasteiger partial charge in [-0.15, -0.1) is 0 Å². The van der Waals surface area contributed by atoms with E-state index in [1.807, 2.05) is 42.5 Å². The number of hydrogen-bond donors (Lipinski definition) is 4. The molecule has 2 amide bonds. The SMILES string of the molecule is O=C(NCc1ccn[nH]1)NCC(O)c1ccc2ccccc2c1. The molecule has 0 aliphatic rings. The number of aliphatic hydroxyl groups excluding tert-OH is 1. The van der Waals surface area contributed by atoms with E-state index in [0.717, 1.165) is 22.0 Å². The number of carbonyl (C=O) groups is 1. The van der Waals surface area contributed by atoms with Gasteiger partial charge in [0.1, 0.15) is 0 Å². The molecule has 0 fully saturated rings. The third kappa shape index (κ3) is 3.87. The Balaban J connectivity index is 1.53. The molecule has 1 atom stereocenters. The highest BCUT2D eigenvalue weighted by molar-refractivity contribution is 5.83. The molecular weight excluding hydrogens is 292 g/mol. The lowest BCUT2D eigenvalue weighted by Crippen LogP contribution is -2.37. The van der Waals surface area contributed by atoms with Crippen LogP contribution in [-0.4, -0.2) is 27.9 Å². The number of aromatic nitrogens is 2. The quantitative estimate of drug-likeness (QED) is 0.582. The Morgan fingerprint density at radius 3 is 2.74 bits per heavy atom. The van der Waals surface area contributed by atoms with Crippen molar-refractivity contribution >= 4 is 16.8 Å². The van der Waals surface area contributed by atoms with Gasteiger partial charge in [0.2, 0.25) is 0 Å². The molecule has 1 heterocycles. The predicted octanol–water partition coefficient (Wildman–Crippen LogP) is 2.10. The minimum atomic E-state index is -0.752. The normalized spacial score (nSPS) is 12.0. The molecule has 1 aromatic heterocycles. The maximum Gasteiger partial charge on any atom is 0.315 e. The van der Waals surface area contributed by atoms with Crippen LogP contribution in [0, 0.1) is 0 Å². The average Bonchev–Trinajstić information content (AvgIpc) is 3.11. The van der Waals surface area contributed by atoms with Gasteiger partial charge in [-0.3, -0.25) is 5.10 Å². The second kappa shape index (κ2) is 6.93. The van der Waals surface area contributed by atoms with Gasteiger partial charge in [0, 0.05) is 12.7 Å². The van der Waals surface area contributed by atoms with E-state index in [2.05, 4.69) is 20.8 Å². The lowest BCUT2D eigenvalue weighted by molar-refractivity contribution is 0.173. The number of H-pyrrole nitrogens is 1. The molecule has 4 N–H and O–H groups in total. The van der Waals surface area contributed by atoms with Gasteiger partial charge in [0.25, 0.3) is 0 Å². The van der Waals surface area contributed by atoms with E-state index in [4.69, 9.17) is 0 Å². The van der Waals surface area contributed by atoms with Gasteiger partial charge in [-0.25, -0.2) is 4.79 Å². The van der Waals surface area contributed by atoms with Crippen LogP contribution < -0.4 is 10.6 Å². The molecule has 0 radical (unpaired) electrons.